The summed E-state index contributed by atoms with van der Waals surface area (Å²) >= 11 is 0. The van der Waals surface area contributed by atoms with E-state index in [1.807, 2.05) is 0 Å². The molecule has 0 fully saturated rings. The van der Waals surface area contributed by atoms with Crippen molar-refractivity contribution in [3.05, 3.63) is 24.3 Å². The quantitative estimate of drug-likeness (QED) is 0.0272. The van der Waals surface area contributed by atoms with Crippen molar-refractivity contribution in [1.82, 2.24) is 5.32 Å². The maximum Gasteiger partial charge on any atom is 0.472 e. The van der Waals surface area contributed by atoms with Gasteiger partial charge in [0.15, 0.2) is 6.10 Å². The van der Waals surface area contributed by atoms with Gasteiger partial charge in [0.2, 0.25) is 0 Å². The molecule has 0 aliphatic carbocycles. The van der Waals surface area contributed by atoms with Crippen LogP contribution < -0.4 is 5.32 Å². The highest BCUT2D eigenvalue weighted by Gasteiger charge is 2.26. The van der Waals surface area contributed by atoms with Gasteiger partial charge in [-0.2, -0.15) is 0 Å². The Hall–Kier alpha value is -1.51. The van der Waals surface area contributed by atoms with Gasteiger partial charge in [0.25, 0.3) is 0 Å². The van der Waals surface area contributed by atoms with E-state index in [1.165, 1.54) is 122 Å². The van der Waals surface area contributed by atoms with E-state index >= 15 is 0 Å². The second kappa shape index (κ2) is 39.2. The molecule has 2 atom stereocenters. The standard InChI is InChI=1S/C42H80NO8P/c1-4-6-8-10-12-14-16-17-18-19-20-21-22-23-25-26-28-30-32-34-41(44)48-38-40(39-50-52(46,47)49-37-36-43-3)51-42(45)35-33-31-29-27-24-15-13-11-9-7-5-2/h12,14,17-18,40,43H,4-11,13,15-16,19-39H2,1-3H3,(H,46,47)/b14-12-,18-17-. The SMILES string of the molecule is CCCCC/C=C\C/C=C\CCCCCCCCCCCC(=O)OCC(COP(=O)(O)OCCNC)OC(=O)CCCCCCCCCCCCC. The van der Waals surface area contributed by atoms with Crippen LogP contribution in [0.25, 0.3) is 0 Å². The molecule has 10 heteroatoms. The molecule has 0 bridgehead atoms. The van der Waals surface area contributed by atoms with Crippen molar-refractivity contribution in [1.29, 1.82) is 0 Å². The van der Waals surface area contributed by atoms with Crippen molar-refractivity contribution in [3.63, 3.8) is 0 Å². The van der Waals surface area contributed by atoms with E-state index in [4.69, 9.17) is 18.5 Å². The van der Waals surface area contributed by atoms with E-state index in [9.17, 15) is 19.0 Å². The minimum Gasteiger partial charge on any atom is -0.462 e. The molecule has 0 aliphatic rings. The lowest BCUT2D eigenvalue weighted by atomic mass is 10.1. The largest absolute Gasteiger partial charge is 0.472 e. The molecule has 2 N–H and O–H groups in total. The number of unbranched alkanes of at least 4 members (excludes halogenated alkanes) is 22. The van der Waals surface area contributed by atoms with Crippen molar-refractivity contribution in [2.45, 2.75) is 200 Å². The molecular weight excluding hydrogens is 677 g/mol. The number of hydrogen-bond donors (Lipinski definition) is 2. The third-order valence-electron chi connectivity index (χ3n) is 9.07. The third kappa shape index (κ3) is 38.2. The molecule has 0 aromatic rings. The van der Waals surface area contributed by atoms with E-state index in [0.717, 1.165) is 38.5 Å². The minimum absolute atomic E-state index is 0.0157. The Balaban J connectivity index is 4.17. The number of carbonyl (C=O) groups is 2. The number of carbonyl (C=O) groups excluding carboxylic acids is 2. The van der Waals surface area contributed by atoms with E-state index in [0.29, 0.717) is 13.0 Å². The normalized spacial score (nSPS) is 13.5. The first-order chi connectivity index (χ1) is 25.3. The number of esters is 2. The van der Waals surface area contributed by atoms with Gasteiger partial charge in [-0.1, -0.05) is 160 Å². The molecule has 0 aromatic carbocycles. The Labute approximate surface area is 319 Å². The molecule has 0 aromatic heterocycles. The zero-order chi connectivity index (χ0) is 38.2. The summed E-state index contributed by atoms with van der Waals surface area (Å²) in [7, 11) is -2.64. The summed E-state index contributed by atoms with van der Waals surface area (Å²) < 4.78 is 33.1. The second-order valence-corrected chi connectivity index (χ2v) is 15.6. The smallest absolute Gasteiger partial charge is 0.462 e. The number of allylic oxidation sites excluding steroid dienone is 4. The molecular formula is C42H80NO8P. The first kappa shape index (κ1) is 50.5. The Morgan fingerprint density at radius 1 is 0.596 bits per heavy atom. The van der Waals surface area contributed by atoms with Crippen LogP contribution in [0.1, 0.15) is 194 Å². The zero-order valence-electron chi connectivity index (χ0n) is 33.8. The van der Waals surface area contributed by atoms with Gasteiger partial charge >= 0.3 is 19.8 Å². The van der Waals surface area contributed by atoms with Gasteiger partial charge in [-0.05, 0) is 52.0 Å². The van der Waals surface area contributed by atoms with Gasteiger partial charge in [0.05, 0.1) is 13.2 Å². The summed E-state index contributed by atoms with van der Waals surface area (Å²) in [5.74, 6) is -0.807. The highest BCUT2D eigenvalue weighted by Crippen LogP contribution is 2.43. The van der Waals surface area contributed by atoms with Crippen LogP contribution >= 0.6 is 7.82 Å². The number of likely N-dealkylation sites (N-methyl/N-ethyl adjacent to an activating group) is 1. The van der Waals surface area contributed by atoms with Crippen molar-refractivity contribution < 1.29 is 37.6 Å². The molecule has 0 saturated carbocycles. The molecule has 52 heavy (non-hydrogen) atoms. The molecule has 2 unspecified atom stereocenters. The Morgan fingerprint density at radius 2 is 1.04 bits per heavy atom. The van der Waals surface area contributed by atoms with Crippen LogP contribution in [-0.2, 0) is 32.7 Å². The summed E-state index contributed by atoms with van der Waals surface area (Å²) in [6, 6.07) is 0. The van der Waals surface area contributed by atoms with Gasteiger partial charge in [-0.25, -0.2) is 4.57 Å². The van der Waals surface area contributed by atoms with Gasteiger partial charge in [-0.3, -0.25) is 18.6 Å². The predicted octanol–water partition coefficient (Wildman–Crippen LogP) is 11.9. The number of phosphoric acid groups is 1. The zero-order valence-corrected chi connectivity index (χ0v) is 34.7. The van der Waals surface area contributed by atoms with E-state index in [2.05, 4.69) is 43.5 Å². The second-order valence-electron chi connectivity index (χ2n) is 14.2. The number of nitrogens with one attached hydrogen (secondary N) is 1. The summed E-state index contributed by atoms with van der Waals surface area (Å²) in [4.78, 5) is 35.0. The monoisotopic (exact) mass is 758 g/mol. The lowest BCUT2D eigenvalue weighted by Gasteiger charge is -2.20. The number of ether oxygens (including phenoxy) is 2. The van der Waals surface area contributed by atoms with Crippen LogP contribution in [0.3, 0.4) is 0 Å². The molecule has 0 heterocycles. The average Bonchev–Trinajstić information content (AvgIpc) is 3.12. The Morgan fingerprint density at radius 3 is 1.56 bits per heavy atom. The van der Waals surface area contributed by atoms with Crippen LogP contribution in [0.4, 0.5) is 0 Å². The van der Waals surface area contributed by atoms with Crippen LogP contribution in [0, 0.1) is 0 Å². The van der Waals surface area contributed by atoms with Gasteiger partial charge < -0.3 is 19.7 Å². The van der Waals surface area contributed by atoms with Crippen molar-refractivity contribution in [3.8, 4) is 0 Å². The molecule has 0 aliphatic heterocycles. The van der Waals surface area contributed by atoms with Crippen LogP contribution in [-0.4, -0.2) is 56.3 Å². The summed E-state index contributed by atoms with van der Waals surface area (Å²) in [6.45, 7) is 4.20. The summed E-state index contributed by atoms with van der Waals surface area (Å²) in [6.07, 6.45) is 39.3. The molecule has 0 amide bonds. The van der Waals surface area contributed by atoms with Crippen LogP contribution in [0.2, 0.25) is 0 Å². The van der Waals surface area contributed by atoms with E-state index in [-0.39, 0.29) is 32.0 Å². The number of hydrogen-bond acceptors (Lipinski definition) is 8. The first-order valence-corrected chi connectivity index (χ1v) is 22.8. The molecule has 306 valence electrons. The minimum atomic E-state index is -4.34. The van der Waals surface area contributed by atoms with Gasteiger partial charge in [0.1, 0.15) is 6.61 Å². The number of phosphoric ester groups is 1. The number of rotatable bonds is 40. The molecule has 9 nitrogen and oxygen atoms in total. The highest BCUT2D eigenvalue weighted by molar-refractivity contribution is 7.47. The lowest BCUT2D eigenvalue weighted by molar-refractivity contribution is -0.161. The maximum atomic E-state index is 12.6. The van der Waals surface area contributed by atoms with Crippen molar-refractivity contribution >= 4 is 19.8 Å². The summed E-state index contributed by atoms with van der Waals surface area (Å²) in [5, 5.41) is 2.82. The van der Waals surface area contributed by atoms with Crippen molar-refractivity contribution in [2.24, 2.45) is 0 Å². The Kier molecular flexibility index (Phi) is 38.1. The van der Waals surface area contributed by atoms with Crippen LogP contribution in [0.15, 0.2) is 24.3 Å². The average molecular weight is 758 g/mol. The lowest BCUT2D eigenvalue weighted by Crippen LogP contribution is -2.29. The van der Waals surface area contributed by atoms with E-state index < -0.39 is 26.5 Å². The van der Waals surface area contributed by atoms with Crippen molar-refractivity contribution in [2.75, 3.05) is 33.4 Å². The summed E-state index contributed by atoms with van der Waals surface area (Å²) in [5.41, 5.74) is 0. The third-order valence-corrected chi connectivity index (χ3v) is 10.1. The molecule has 0 rings (SSSR count). The van der Waals surface area contributed by atoms with Gasteiger partial charge in [-0.15, -0.1) is 0 Å². The predicted molar refractivity (Wildman–Crippen MR) is 215 cm³/mol. The molecule has 0 spiro atoms. The molecule has 0 radical (unpaired) electrons. The Bertz CT molecular complexity index is 912. The van der Waals surface area contributed by atoms with Crippen LogP contribution in [0.5, 0.6) is 0 Å². The van der Waals surface area contributed by atoms with E-state index in [1.54, 1.807) is 7.05 Å². The topological polar surface area (TPSA) is 120 Å². The first-order valence-electron chi connectivity index (χ1n) is 21.3. The fourth-order valence-corrected chi connectivity index (χ4v) is 6.57. The fraction of sp³-hybridized carbons (Fsp3) is 0.857. The highest BCUT2D eigenvalue weighted by atomic mass is 31.2. The molecule has 0 saturated heterocycles. The fourth-order valence-electron chi connectivity index (χ4n) is 5.82. The van der Waals surface area contributed by atoms with Gasteiger partial charge in [0, 0.05) is 19.4 Å². The maximum absolute atomic E-state index is 12.6.